The summed E-state index contributed by atoms with van der Waals surface area (Å²) in [6, 6.07) is 0. The Morgan fingerprint density at radius 1 is 1.71 bits per heavy atom. The first-order valence-corrected chi connectivity index (χ1v) is 4.96. The average Bonchev–Trinajstić information content (AvgIpc) is 2.43. The van der Waals surface area contributed by atoms with Crippen LogP contribution in [0.15, 0.2) is 0 Å². The Balaban J connectivity index is 2.34. The second kappa shape index (κ2) is 4.26. The quantitative estimate of drug-likeness (QED) is 0.660. The molecule has 0 amide bonds. The standard InChI is InChI=1S/C10H17FO3/c1-7(2)9(12)13-6-10(11)5-4-8(3)14-10/h7-8H,4-6H2,1-3H3/t8?,10-/m0/s1. The minimum absolute atomic E-state index is 0.0854. The summed E-state index contributed by atoms with van der Waals surface area (Å²) in [6.45, 7) is 4.96. The maximum absolute atomic E-state index is 13.7. The number of rotatable bonds is 3. The fourth-order valence-corrected chi connectivity index (χ4v) is 1.35. The molecular weight excluding hydrogens is 187 g/mol. The normalized spacial score (nSPS) is 32.2. The molecule has 0 spiro atoms. The van der Waals surface area contributed by atoms with Crippen molar-refractivity contribution in [3.05, 3.63) is 0 Å². The van der Waals surface area contributed by atoms with E-state index in [9.17, 15) is 9.18 Å². The molecule has 1 saturated heterocycles. The van der Waals surface area contributed by atoms with E-state index in [-0.39, 0.29) is 24.6 Å². The zero-order valence-electron chi connectivity index (χ0n) is 8.88. The molecule has 0 aromatic rings. The van der Waals surface area contributed by atoms with Crippen molar-refractivity contribution in [1.29, 1.82) is 0 Å². The summed E-state index contributed by atoms with van der Waals surface area (Å²) in [4.78, 5) is 11.1. The second-order valence-electron chi connectivity index (χ2n) is 4.11. The van der Waals surface area contributed by atoms with Crippen molar-refractivity contribution in [2.45, 2.75) is 45.6 Å². The van der Waals surface area contributed by atoms with Gasteiger partial charge in [-0.1, -0.05) is 13.8 Å². The molecule has 1 aliphatic rings. The van der Waals surface area contributed by atoms with Gasteiger partial charge in [0.25, 0.3) is 0 Å². The second-order valence-corrected chi connectivity index (χ2v) is 4.11. The Labute approximate surface area is 83.6 Å². The molecule has 1 unspecified atom stereocenters. The molecule has 0 bridgehead atoms. The summed E-state index contributed by atoms with van der Waals surface area (Å²) in [5, 5.41) is 0. The third-order valence-corrected chi connectivity index (χ3v) is 2.24. The molecule has 2 atom stereocenters. The van der Waals surface area contributed by atoms with Gasteiger partial charge in [-0.05, 0) is 13.3 Å². The van der Waals surface area contributed by atoms with E-state index >= 15 is 0 Å². The highest BCUT2D eigenvalue weighted by molar-refractivity contribution is 5.71. The molecule has 0 radical (unpaired) electrons. The van der Waals surface area contributed by atoms with Crippen LogP contribution in [0.4, 0.5) is 4.39 Å². The first-order chi connectivity index (χ1) is 6.43. The van der Waals surface area contributed by atoms with Crippen LogP contribution in [0.25, 0.3) is 0 Å². The molecule has 0 N–H and O–H groups in total. The molecule has 14 heavy (non-hydrogen) atoms. The van der Waals surface area contributed by atoms with Gasteiger partial charge in [-0.25, -0.2) is 4.39 Å². The molecule has 0 aliphatic carbocycles. The molecule has 1 rings (SSSR count). The molecule has 0 aromatic heterocycles. The Kier molecular flexibility index (Phi) is 3.48. The summed E-state index contributed by atoms with van der Waals surface area (Å²) < 4.78 is 23.5. The van der Waals surface area contributed by atoms with Crippen molar-refractivity contribution in [2.75, 3.05) is 6.61 Å². The van der Waals surface area contributed by atoms with Crippen LogP contribution in [0.2, 0.25) is 0 Å². The van der Waals surface area contributed by atoms with Crippen LogP contribution < -0.4 is 0 Å². The van der Waals surface area contributed by atoms with Crippen molar-refractivity contribution in [3.63, 3.8) is 0 Å². The third-order valence-electron chi connectivity index (χ3n) is 2.24. The summed E-state index contributed by atoms with van der Waals surface area (Å²) >= 11 is 0. The van der Waals surface area contributed by atoms with Crippen LogP contribution in [0.1, 0.15) is 33.6 Å². The lowest BCUT2D eigenvalue weighted by molar-refractivity contribution is -0.183. The lowest BCUT2D eigenvalue weighted by Crippen LogP contribution is -2.31. The maximum atomic E-state index is 13.7. The van der Waals surface area contributed by atoms with Gasteiger partial charge in [0.1, 0.15) is 0 Å². The summed E-state index contributed by atoms with van der Waals surface area (Å²) in [5.41, 5.74) is 0. The minimum atomic E-state index is -1.76. The predicted molar refractivity (Wildman–Crippen MR) is 49.4 cm³/mol. The van der Waals surface area contributed by atoms with Gasteiger partial charge in [0.05, 0.1) is 12.0 Å². The highest BCUT2D eigenvalue weighted by atomic mass is 19.2. The third kappa shape index (κ3) is 2.94. The van der Waals surface area contributed by atoms with Crippen molar-refractivity contribution >= 4 is 5.97 Å². The highest BCUT2D eigenvalue weighted by Gasteiger charge is 2.40. The largest absolute Gasteiger partial charge is 0.459 e. The van der Waals surface area contributed by atoms with Gasteiger partial charge >= 0.3 is 5.97 Å². The molecule has 0 aromatic carbocycles. The lowest BCUT2D eigenvalue weighted by Gasteiger charge is -2.19. The van der Waals surface area contributed by atoms with Crippen LogP contribution in [0.3, 0.4) is 0 Å². The van der Waals surface area contributed by atoms with E-state index in [1.54, 1.807) is 13.8 Å². The van der Waals surface area contributed by atoms with Gasteiger partial charge in [0.15, 0.2) is 6.61 Å². The van der Waals surface area contributed by atoms with Gasteiger partial charge in [-0.15, -0.1) is 0 Å². The number of hydrogen-bond donors (Lipinski definition) is 0. The average molecular weight is 204 g/mol. The SMILES string of the molecule is CC1CC[C@@](F)(COC(=O)C(C)C)O1. The van der Waals surface area contributed by atoms with Crippen molar-refractivity contribution in [1.82, 2.24) is 0 Å². The first kappa shape index (κ1) is 11.4. The molecule has 4 heteroatoms. The fourth-order valence-electron chi connectivity index (χ4n) is 1.35. The van der Waals surface area contributed by atoms with Crippen molar-refractivity contribution < 1.29 is 18.7 Å². The van der Waals surface area contributed by atoms with Gasteiger partial charge in [0.2, 0.25) is 5.85 Å². The van der Waals surface area contributed by atoms with E-state index < -0.39 is 5.85 Å². The molecule has 82 valence electrons. The van der Waals surface area contributed by atoms with E-state index in [0.29, 0.717) is 12.8 Å². The topological polar surface area (TPSA) is 35.5 Å². The molecule has 0 saturated carbocycles. The van der Waals surface area contributed by atoms with Crippen LogP contribution in [-0.4, -0.2) is 24.5 Å². The Hall–Kier alpha value is -0.640. The van der Waals surface area contributed by atoms with E-state index in [1.807, 2.05) is 6.92 Å². The van der Waals surface area contributed by atoms with Crippen LogP contribution in [0.5, 0.6) is 0 Å². The molecule has 1 heterocycles. The Bertz CT molecular complexity index is 217. The maximum Gasteiger partial charge on any atom is 0.308 e. The van der Waals surface area contributed by atoms with Gasteiger partial charge < -0.3 is 9.47 Å². The monoisotopic (exact) mass is 204 g/mol. The highest BCUT2D eigenvalue weighted by Crippen LogP contribution is 2.31. The molecule has 1 fully saturated rings. The zero-order chi connectivity index (χ0) is 10.8. The number of esters is 1. The van der Waals surface area contributed by atoms with E-state index in [2.05, 4.69) is 0 Å². The Morgan fingerprint density at radius 2 is 2.36 bits per heavy atom. The number of alkyl halides is 1. The van der Waals surface area contributed by atoms with Crippen LogP contribution in [-0.2, 0) is 14.3 Å². The van der Waals surface area contributed by atoms with Gasteiger partial charge in [-0.3, -0.25) is 4.79 Å². The molecular formula is C10H17FO3. The summed E-state index contributed by atoms with van der Waals surface area (Å²) in [7, 11) is 0. The number of carbonyl (C=O) groups is 1. The van der Waals surface area contributed by atoms with E-state index in [0.717, 1.165) is 0 Å². The van der Waals surface area contributed by atoms with Crippen molar-refractivity contribution in [2.24, 2.45) is 5.92 Å². The zero-order valence-corrected chi connectivity index (χ0v) is 8.88. The van der Waals surface area contributed by atoms with Crippen LogP contribution in [0, 0.1) is 5.92 Å². The number of halogens is 1. The first-order valence-electron chi connectivity index (χ1n) is 4.96. The molecule has 3 nitrogen and oxygen atoms in total. The van der Waals surface area contributed by atoms with E-state index in [4.69, 9.17) is 9.47 Å². The predicted octanol–water partition coefficient (Wildman–Crippen LogP) is 2.05. The molecule has 1 aliphatic heterocycles. The van der Waals surface area contributed by atoms with Gasteiger partial charge in [-0.2, -0.15) is 0 Å². The smallest absolute Gasteiger partial charge is 0.308 e. The Morgan fingerprint density at radius 3 is 2.79 bits per heavy atom. The minimum Gasteiger partial charge on any atom is -0.459 e. The summed E-state index contributed by atoms with van der Waals surface area (Å²) in [6.07, 6.45) is 0.896. The lowest BCUT2D eigenvalue weighted by atomic mass is 10.2. The summed E-state index contributed by atoms with van der Waals surface area (Å²) in [5.74, 6) is -2.37. The number of carbonyl (C=O) groups excluding carboxylic acids is 1. The fraction of sp³-hybridized carbons (Fsp3) is 0.900. The number of hydrogen-bond acceptors (Lipinski definition) is 3. The number of ether oxygens (including phenoxy) is 2. The van der Waals surface area contributed by atoms with Gasteiger partial charge in [0, 0.05) is 6.42 Å². The van der Waals surface area contributed by atoms with E-state index in [1.165, 1.54) is 0 Å². The van der Waals surface area contributed by atoms with Crippen LogP contribution >= 0.6 is 0 Å². The van der Waals surface area contributed by atoms with Crippen molar-refractivity contribution in [3.8, 4) is 0 Å².